The van der Waals surface area contributed by atoms with Gasteiger partial charge in [0.25, 0.3) is 0 Å². The van der Waals surface area contributed by atoms with Crippen molar-refractivity contribution in [3.8, 4) is 0 Å². The Kier molecular flexibility index (Phi) is 7.70. The quantitative estimate of drug-likeness (QED) is 0.399. The minimum absolute atomic E-state index is 0.0690. The van der Waals surface area contributed by atoms with Crippen molar-refractivity contribution in [1.82, 2.24) is 0 Å². The molecule has 19 heavy (non-hydrogen) atoms. The third-order valence-corrected chi connectivity index (χ3v) is 3.80. The van der Waals surface area contributed by atoms with Crippen LogP contribution in [0.1, 0.15) is 78.6 Å². The largest absolute Gasteiger partial charge is 0.344 e. The zero-order valence-corrected chi connectivity index (χ0v) is 13.1. The van der Waals surface area contributed by atoms with Gasteiger partial charge in [0.15, 0.2) is 5.79 Å². The summed E-state index contributed by atoms with van der Waals surface area (Å²) >= 11 is 0. The van der Waals surface area contributed by atoms with Crippen LogP contribution in [-0.2, 0) is 9.47 Å². The Morgan fingerprint density at radius 1 is 0.947 bits per heavy atom. The van der Waals surface area contributed by atoms with E-state index in [4.69, 9.17) is 9.47 Å². The van der Waals surface area contributed by atoms with E-state index >= 15 is 0 Å². The van der Waals surface area contributed by atoms with Crippen molar-refractivity contribution in [1.29, 1.82) is 0 Å². The van der Waals surface area contributed by atoms with Gasteiger partial charge in [0.05, 0.1) is 6.10 Å². The van der Waals surface area contributed by atoms with Gasteiger partial charge in [0.2, 0.25) is 0 Å². The van der Waals surface area contributed by atoms with E-state index < -0.39 is 5.79 Å². The Hall–Kier alpha value is -0.340. The second-order valence-electron chi connectivity index (χ2n) is 6.14. The molecule has 112 valence electrons. The highest BCUT2D eigenvalue weighted by Gasteiger charge is 2.38. The first-order valence-corrected chi connectivity index (χ1v) is 8.07. The third-order valence-electron chi connectivity index (χ3n) is 3.80. The monoisotopic (exact) mass is 268 g/mol. The van der Waals surface area contributed by atoms with Gasteiger partial charge in [-0.15, -0.1) is 6.58 Å². The molecule has 1 rings (SSSR count). The minimum Gasteiger partial charge on any atom is -0.344 e. The Morgan fingerprint density at radius 2 is 1.53 bits per heavy atom. The molecular formula is C17H32O2. The molecule has 0 radical (unpaired) electrons. The number of hydrogen-bond acceptors (Lipinski definition) is 2. The van der Waals surface area contributed by atoms with Gasteiger partial charge in [-0.2, -0.15) is 0 Å². The predicted molar refractivity (Wildman–Crippen MR) is 81.2 cm³/mol. The zero-order chi connectivity index (χ0) is 14.1. The average Bonchev–Trinajstić information content (AvgIpc) is 2.67. The Labute approximate surface area is 119 Å². The van der Waals surface area contributed by atoms with Crippen LogP contribution in [0.3, 0.4) is 0 Å². The van der Waals surface area contributed by atoms with Crippen LogP contribution in [0.5, 0.6) is 0 Å². The molecule has 0 spiro atoms. The molecule has 2 heteroatoms. The molecule has 0 aromatic carbocycles. The van der Waals surface area contributed by atoms with E-state index in [1.165, 1.54) is 51.4 Å². The van der Waals surface area contributed by atoms with Crippen LogP contribution in [-0.4, -0.2) is 18.0 Å². The summed E-state index contributed by atoms with van der Waals surface area (Å²) in [5.41, 5.74) is 0. The van der Waals surface area contributed by atoms with Crippen molar-refractivity contribution in [2.45, 2.75) is 96.6 Å². The second-order valence-corrected chi connectivity index (χ2v) is 6.14. The lowest BCUT2D eigenvalue weighted by molar-refractivity contribution is -0.143. The van der Waals surface area contributed by atoms with E-state index in [1.54, 1.807) is 0 Å². The first-order valence-electron chi connectivity index (χ1n) is 8.07. The molecule has 0 amide bonds. The molecule has 2 nitrogen and oxygen atoms in total. The van der Waals surface area contributed by atoms with Crippen LogP contribution in [0.2, 0.25) is 0 Å². The Bertz CT molecular complexity index is 248. The number of hydrogen-bond donors (Lipinski definition) is 0. The molecule has 0 N–H and O–H groups in total. The fourth-order valence-electron chi connectivity index (χ4n) is 2.77. The van der Waals surface area contributed by atoms with Gasteiger partial charge in [0, 0.05) is 0 Å². The molecule has 1 aliphatic heterocycles. The minimum atomic E-state index is -0.441. The predicted octanol–water partition coefficient (Wildman–Crippen LogP) is 5.22. The Morgan fingerprint density at radius 3 is 2.11 bits per heavy atom. The maximum absolute atomic E-state index is 5.92. The smallest absolute Gasteiger partial charge is 0.164 e. The van der Waals surface area contributed by atoms with Gasteiger partial charge in [0.1, 0.15) is 6.10 Å². The Balaban J connectivity index is 2.04. The molecule has 0 aromatic rings. The molecule has 1 aliphatic rings. The van der Waals surface area contributed by atoms with Gasteiger partial charge in [-0.05, 0) is 20.3 Å². The SMILES string of the molecule is C=CC1OC(C)(C)OC1CCCCCCCCCC. The zero-order valence-electron chi connectivity index (χ0n) is 13.1. The molecular weight excluding hydrogens is 236 g/mol. The number of unbranched alkanes of at least 4 members (excludes halogenated alkanes) is 7. The van der Waals surface area contributed by atoms with Crippen LogP contribution in [0.15, 0.2) is 12.7 Å². The van der Waals surface area contributed by atoms with Crippen molar-refractivity contribution >= 4 is 0 Å². The molecule has 2 unspecified atom stereocenters. The molecule has 0 aromatic heterocycles. The fraction of sp³-hybridized carbons (Fsp3) is 0.882. The van der Waals surface area contributed by atoms with E-state index in [2.05, 4.69) is 13.5 Å². The standard InChI is InChI=1S/C17H32O2/c1-5-7-8-9-10-11-12-13-14-16-15(6-2)18-17(3,4)19-16/h6,15-16H,2,5,7-14H2,1,3-4H3. The lowest BCUT2D eigenvalue weighted by Crippen LogP contribution is -2.21. The van der Waals surface area contributed by atoms with Crippen LogP contribution in [0.4, 0.5) is 0 Å². The van der Waals surface area contributed by atoms with Gasteiger partial charge in [-0.3, -0.25) is 0 Å². The lowest BCUT2D eigenvalue weighted by atomic mass is 10.0. The van der Waals surface area contributed by atoms with Crippen molar-refractivity contribution in [3.63, 3.8) is 0 Å². The van der Waals surface area contributed by atoms with Crippen LogP contribution in [0, 0.1) is 0 Å². The van der Waals surface area contributed by atoms with Gasteiger partial charge in [-0.25, -0.2) is 0 Å². The van der Waals surface area contributed by atoms with E-state index in [0.717, 1.165) is 6.42 Å². The second kappa shape index (κ2) is 8.76. The molecule has 1 fully saturated rings. The van der Waals surface area contributed by atoms with E-state index in [1.807, 2.05) is 19.9 Å². The maximum atomic E-state index is 5.92. The first kappa shape index (κ1) is 16.7. The highest BCUT2D eigenvalue weighted by atomic mass is 16.7. The summed E-state index contributed by atoms with van der Waals surface area (Å²) in [4.78, 5) is 0. The van der Waals surface area contributed by atoms with Crippen molar-refractivity contribution < 1.29 is 9.47 Å². The van der Waals surface area contributed by atoms with Gasteiger partial charge < -0.3 is 9.47 Å². The third kappa shape index (κ3) is 6.58. The highest BCUT2D eigenvalue weighted by Crippen LogP contribution is 2.31. The molecule has 0 bridgehead atoms. The molecule has 1 heterocycles. The van der Waals surface area contributed by atoms with Crippen molar-refractivity contribution in [2.24, 2.45) is 0 Å². The van der Waals surface area contributed by atoms with Crippen molar-refractivity contribution in [3.05, 3.63) is 12.7 Å². The van der Waals surface area contributed by atoms with Crippen LogP contribution in [0.25, 0.3) is 0 Å². The summed E-state index contributed by atoms with van der Waals surface area (Å²) in [7, 11) is 0. The van der Waals surface area contributed by atoms with Crippen molar-refractivity contribution in [2.75, 3.05) is 0 Å². The maximum Gasteiger partial charge on any atom is 0.164 e. The number of ether oxygens (including phenoxy) is 2. The highest BCUT2D eigenvalue weighted by molar-refractivity contribution is 4.92. The normalized spacial score (nSPS) is 25.6. The fourth-order valence-corrected chi connectivity index (χ4v) is 2.77. The summed E-state index contributed by atoms with van der Waals surface area (Å²) in [6, 6.07) is 0. The molecule has 2 atom stereocenters. The van der Waals surface area contributed by atoms with Gasteiger partial charge in [-0.1, -0.05) is 64.4 Å². The summed E-state index contributed by atoms with van der Waals surface area (Å²) in [5.74, 6) is -0.441. The lowest BCUT2D eigenvalue weighted by Gasteiger charge is -2.16. The first-order chi connectivity index (χ1) is 9.09. The molecule has 1 saturated heterocycles. The van der Waals surface area contributed by atoms with E-state index in [0.29, 0.717) is 0 Å². The summed E-state index contributed by atoms with van der Waals surface area (Å²) < 4.78 is 11.7. The van der Waals surface area contributed by atoms with E-state index in [9.17, 15) is 0 Å². The molecule has 0 aliphatic carbocycles. The van der Waals surface area contributed by atoms with E-state index in [-0.39, 0.29) is 12.2 Å². The summed E-state index contributed by atoms with van der Waals surface area (Å²) in [6.07, 6.45) is 14.1. The van der Waals surface area contributed by atoms with Crippen LogP contribution < -0.4 is 0 Å². The molecule has 0 saturated carbocycles. The van der Waals surface area contributed by atoms with Crippen LogP contribution >= 0.6 is 0 Å². The summed E-state index contributed by atoms with van der Waals surface area (Å²) in [5, 5.41) is 0. The number of rotatable bonds is 10. The van der Waals surface area contributed by atoms with Gasteiger partial charge >= 0.3 is 0 Å². The average molecular weight is 268 g/mol. The topological polar surface area (TPSA) is 18.5 Å². The summed E-state index contributed by atoms with van der Waals surface area (Å²) in [6.45, 7) is 10.1.